The molecule has 0 heterocycles. The monoisotopic (exact) mass is 880 g/mol. The minimum absolute atomic E-state index is 0.400. The third-order valence-electron chi connectivity index (χ3n) is 14.8. The molecule has 0 saturated heterocycles. The van der Waals surface area contributed by atoms with E-state index in [2.05, 4.69) is 132 Å². The minimum atomic E-state index is 0.400. The average molecular weight is 881 g/mol. The predicted molar refractivity (Wildman–Crippen MR) is 285 cm³/mol. The minimum Gasteiger partial charge on any atom is -0.237 e. The molecule has 0 radical (unpaired) electrons. The first-order valence-corrected chi connectivity index (χ1v) is 23.2. The van der Waals surface area contributed by atoms with Gasteiger partial charge in [0.1, 0.15) is 0 Å². The van der Waals surface area contributed by atoms with Crippen LogP contribution in [0, 0.1) is 40.6 Å². The quantitative estimate of drug-likeness (QED) is 0.131. The molecule has 0 unspecified atom stereocenters. The second kappa shape index (κ2) is 14.7. The van der Waals surface area contributed by atoms with E-state index >= 15 is 0 Å². The molecule has 0 amide bonds. The molecule has 0 atom stereocenters. The predicted octanol–water partition coefficient (Wildman–Crippen LogP) is 17.6. The molecule has 0 saturated carbocycles. The first-order valence-electron chi connectivity index (χ1n) is 23.2. The van der Waals surface area contributed by atoms with Gasteiger partial charge in [0.2, 0.25) is 0 Å². The largest absolute Gasteiger partial charge is 0.237 e. The van der Waals surface area contributed by atoms with Crippen LogP contribution in [0.4, 0.5) is 5.69 Å². The van der Waals surface area contributed by atoms with Crippen LogP contribution in [0.5, 0.6) is 0 Å². The fraction of sp³-hybridized carbons (Fsp3) is 0. The van der Waals surface area contributed by atoms with Gasteiger partial charge in [0, 0.05) is 11.1 Å². The van der Waals surface area contributed by atoms with Crippen molar-refractivity contribution in [2.75, 3.05) is 0 Å². The Kier molecular flexibility index (Phi) is 8.21. The summed E-state index contributed by atoms with van der Waals surface area (Å²) in [7, 11) is 0. The van der Waals surface area contributed by atoms with E-state index in [9.17, 15) is 15.8 Å². The first-order chi connectivity index (χ1) is 34.5. The summed E-state index contributed by atoms with van der Waals surface area (Å²) in [6.45, 7) is 8.71. The zero-order valence-corrected chi connectivity index (χ0v) is 37.3. The first kappa shape index (κ1) is 39.1. The average Bonchev–Trinajstić information content (AvgIpc) is 3.91. The van der Waals surface area contributed by atoms with Gasteiger partial charge in [-0.2, -0.15) is 15.8 Å². The van der Waals surface area contributed by atoms with Crippen LogP contribution in [0.25, 0.3) is 148 Å². The van der Waals surface area contributed by atoms with Crippen molar-refractivity contribution >= 4 is 59.5 Å². The zero-order valence-electron chi connectivity index (χ0n) is 37.3. The number of nitrogens with zero attached hydrogens (tertiary/aromatic N) is 4. The highest BCUT2D eigenvalue weighted by atomic mass is 14.7. The smallest absolute Gasteiger partial charge is 0.196 e. The molecule has 4 heteroatoms. The molecule has 0 bridgehead atoms. The Morgan fingerprint density at radius 3 is 1.13 bits per heavy atom. The molecule has 0 N–H and O–H groups in total. The second-order valence-electron chi connectivity index (χ2n) is 18.3. The molecule has 0 aromatic heterocycles. The zero-order chi connectivity index (χ0) is 46.8. The molecule has 12 aromatic carbocycles. The van der Waals surface area contributed by atoms with Gasteiger partial charge in [-0.1, -0.05) is 133 Å². The van der Waals surface area contributed by atoms with E-state index in [1.807, 2.05) is 72.8 Å². The van der Waals surface area contributed by atoms with Crippen molar-refractivity contribution in [3.8, 4) is 107 Å². The number of rotatable bonds is 4. The Labute approximate surface area is 402 Å². The van der Waals surface area contributed by atoms with Crippen molar-refractivity contribution in [2.24, 2.45) is 0 Å². The van der Waals surface area contributed by atoms with Crippen molar-refractivity contribution in [3.63, 3.8) is 0 Å². The molecule has 12 aromatic rings. The topological polar surface area (TPSA) is 75.7 Å². The van der Waals surface area contributed by atoms with Crippen molar-refractivity contribution < 1.29 is 0 Å². The molecular weight excluding hydrogens is 849 g/mol. The van der Waals surface area contributed by atoms with Crippen LogP contribution >= 0.6 is 0 Å². The molecule has 2 aliphatic carbocycles. The van der Waals surface area contributed by atoms with Gasteiger partial charge in [0.05, 0.1) is 35.9 Å². The summed E-state index contributed by atoms with van der Waals surface area (Å²) in [5.74, 6) is 0. The highest BCUT2D eigenvalue weighted by Crippen LogP contribution is 2.56. The SMILES string of the molecule is [C-]#[N+]c1cc(C#N)cc(-c2ccccc2)c1-c1cc2c3cc4c(cc3c(-c3c(C#N)cc(C#N)cc3-c3ccccc3)cc2c2cc3c(cc12)-c1cccc2cccc-3c12)-c1cccc2cccc-4c12. The summed E-state index contributed by atoms with van der Waals surface area (Å²) < 4.78 is 0. The normalized spacial score (nSPS) is 11.7. The van der Waals surface area contributed by atoms with Crippen LogP contribution in [0.15, 0.2) is 194 Å². The molecule has 4 nitrogen and oxygen atoms in total. The van der Waals surface area contributed by atoms with Crippen molar-refractivity contribution in [3.05, 3.63) is 222 Å². The molecular formula is C66H32N4. The maximum absolute atomic E-state index is 11.1. The van der Waals surface area contributed by atoms with Crippen LogP contribution in [-0.4, -0.2) is 0 Å². The van der Waals surface area contributed by atoms with Gasteiger partial charge >= 0.3 is 0 Å². The van der Waals surface area contributed by atoms with E-state index in [0.717, 1.165) is 110 Å². The lowest BCUT2D eigenvalue weighted by molar-refractivity contribution is 1.44. The van der Waals surface area contributed by atoms with Gasteiger partial charge in [-0.25, -0.2) is 4.85 Å². The highest BCUT2D eigenvalue weighted by molar-refractivity contribution is 6.30. The highest BCUT2D eigenvalue weighted by Gasteiger charge is 2.29. The molecule has 2 aliphatic rings. The third-order valence-corrected chi connectivity index (χ3v) is 14.8. The van der Waals surface area contributed by atoms with Crippen LogP contribution in [0.3, 0.4) is 0 Å². The van der Waals surface area contributed by atoms with Gasteiger partial charge in [-0.15, -0.1) is 0 Å². The summed E-state index contributed by atoms with van der Waals surface area (Å²) in [5.41, 5.74) is 17.6. The molecule has 0 fully saturated rings. The van der Waals surface area contributed by atoms with E-state index in [4.69, 9.17) is 6.57 Å². The number of benzene rings is 12. The van der Waals surface area contributed by atoms with E-state index < -0.39 is 0 Å². The van der Waals surface area contributed by atoms with Crippen LogP contribution < -0.4 is 0 Å². The summed E-state index contributed by atoms with van der Waals surface area (Å²) in [4.78, 5) is 4.19. The summed E-state index contributed by atoms with van der Waals surface area (Å²) in [6.07, 6.45) is 0. The lowest BCUT2D eigenvalue weighted by Gasteiger charge is -2.22. The van der Waals surface area contributed by atoms with Crippen molar-refractivity contribution in [1.82, 2.24) is 0 Å². The Morgan fingerprint density at radius 1 is 0.314 bits per heavy atom. The third kappa shape index (κ3) is 5.42. The Balaban J connectivity index is 1.22. The Morgan fingerprint density at radius 2 is 0.700 bits per heavy atom. The van der Waals surface area contributed by atoms with Crippen molar-refractivity contribution in [2.45, 2.75) is 0 Å². The molecule has 0 spiro atoms. The van der Waals surface area contributed by atoms with E-state index in [0.29, 0.717) is 22.4 Å². The van der Waals surface area contributed by atoms with Gasteiger partial charge in [-0.3, -0.25) is 0 Å². The Hall–Kier alpha value is -10.1. The standard InChI is InChI=1S/C66H32N4/c1-70-62-27-38(35-68)26-49(40-14-6-3-7-15-40)66(62)61-33-57-54-28-50-44-20-8-16-41-18-10-22-46(63(41)44)52(50)30-58(54)60(65-43(36-69)24-37(34-67)25-48(65)39-12-4-2-5-13-39)32-56(57)55-29-51-45-21-9-17-42-19-11-23-47(64(42)45)53(51)31-59(55)61/h2-33H. The maximum atomic E-state index is 11.1. The summed E-state index contributed by atoms with van der Waals surface area (Å²) in [5, 5.41) is 42.6. The van der Waals surface area contributed by atoms with E-state index in [-0.39, 0.29) is 0 Å². The van der Waals surface area contributed by atoms with Gasteiger partial charge in [-0.05, 0) is 198 Å². The Bertz CT molecular complexity index is 4250. The fourth-order valence-corrected chi connectivity index (χ4v) is 11.9. The number of hydrogen-bond donors (Lipinski definition) is 0. The number of fused-ring (bicyclic) bond motifs is 11. The fourth-order valence-electron chi connectivity index (χ4n) is 11.9. The number of hydrogen-bond acceptors (Lipinski definition) is 3. The lowest BCUT2D eigenvalue weighted by atomic mass is 9.81. The van der Waals surface area contributed by atoms with Gasteiger partial charge in [0.15, 0.2) is 5.69 Å². The molecule has 316 valence electrons. The van der Waals surface area contributed by atoms with E-state index in [1.165, 1.54) is 32.7 Å². The van der Waals surface area contributed by atoms with E-state index in [1.54, 1.807) is 12.1 Å². The van der Waals surface area contributed by atoms with Crippen LogP contribution in [0.1, 0.15) is 16.7 Å². The van der Waals surface area contributed by atoms with Gasteiger partial charge in [0.25, 0.3) is 0 Å². The molecule has 0 aliphatic heterocycles. The molecule has 14 rings (SSSR count). The maximum Gasteiger partial charge on any atom is 0.196 e. The summed E-state index contributed by atoms with van der Waals surface area (Å²) in [6, 6.07) is 74.5. The lowest BCUT2D eigenvalue weighted by Crippen LogP contribution is -1.96. The summed E-state index contributed by atoms with van der Waals surface area (Å²) >= 11 is 0. The van der Waals surface area contributed by atoms with Gasteiger partial charge < -0.3 is 0 Å². The van der Waals surface area contributed by atoms with Crippen LogP contribution in [0.2, 0.25) is 0 Å². The molecule has 70 heavy (non-hydrogen) atoms. The van der Waals surface area contributed by atoms with Crippen LogP contribution in [-0.2, 0) is 0 Å². The number of nitriles is 3. The van der Waals surface area contributed by atoms with Crippen molar-refractivity contribution in [1.29, 1.82) is 15.8 Å². The second-order valence-corrected chi connectivity index (χ2v) is 18.3.